The van der Waals surface area contributed by atoms with E-state index in [9.17, 15) is 4.79 Å². The Kier molecular flexibility index (Phi) is 6.24. The zero-order valence-electron chi connectivity index (χ0n) is 14.6. The summed E-state index contributed by atoms with van der Waals surface area (Å²) in [6.07, 6.45) is 0. The number of nitrogens with zero attached hydrogens (tertiary/aromatic N) is 5. The van der Waals surface area contributed by atoms with Gasteiger partial charge < -0.3 is 5.32 Å². The summed E-state index contributed by atoms with van der Waals surface area (Å²) in [6.45, 7) is 0. The summed E-state index contributed by atoms with van der Waals surface area (Å²) in [6, 6.07) is 15.0. The van der Waals surface area contributed by atoms with Gasteiger partial charge in [0.1, 0.15) is 0 Å². The van der Waals surface area contributed by atoms with Gasteiger partial charge in [0.25, 0.3) is 0 Å². The van der Waals surface area contributed by atoms with Crippen LogP contribution in [-0.4, -0.2) is 36.9 Å². The topological polar surface area (TPSA) is 85.6 Å². The summed E-state index contributed by atoms with van der Waals surface area (Å²) in [5, 5.41) is 18.0. The van der Waals surface area contributed by atoms with E-state index in [-0.39, 0.29) is 11.7 Å². The van der Waals surface area contributed by atoms with Crippen LogP contribution in [0.5, 0.6) is 0 Å². The predicted molar refractivity (Wildman–Crippen MR) is 119 cm³/mol. The molecule has 0 bridgehead atoms. The Balaban J connectivity index is 1.37. The molecule has 11 heteroatoms. The minimum absolute atomic E-state index is 0.154. The molecule has 0 spiro atoms. The van der Waals surface area contributed by atoms with Crippen molar-refractivity contribution in [1.29, 1.82) is 0 Å². The Hall–Kier alpha value is -2.27. The number of carbonyl (C=O) groups excluding carboxylic acids is 1. The summed E-state index contributed by atoms with van der Waals surface area (Å²) >= 11 is 11.9. The molecular weight excluding hydrogens is 496 g/mol. The van der Waals surface area contributed by atoms with Crippen LogP contribution in [0.15, 0.2) is 63.5 Å². The molecule has 29 heavy (non-hydrogen) atoms. The normalized spacial score (nSPS) is 10.8. The predicted octanol–water partition coefficient (Wildman–Crippen LogP) is 4.93. The number of amides is 1. The van der Waals surface area contributed by atoms with E-state index in [4.69, 9.17) is 11.6 Å². The van der Waals surface area contributed by atoms with Crippen molar-refractivity contribution in [3.63, 3.8) is 0 Å². The van der Waals surface area contributed by atoms with Crippen molar-refractivity contribution < 1.29 is 4.79 Å². The molecule has 4 rings (SSSR count). The molecule has 2 aromatic carbocycles. The minimum atomic E-state index is -0.183. The summed E-state index contributed by atoms with van der Waals surface area (Å²) < 4.78 is 2.56. The molecule has 0 radical (unpaired) electrons. The van der Waals surface area contributed by atoms with Gasteiger partial charge in [0.2, 0.25) is 11.1 Å². The average molecular weight is 508 g/mol. The van der Waals surface area contributed by atoms with Crippen molar-refractivity contribution in [3.8, 4) is 16.9 Å². The van der Waals surface area contributed by atoms with Crippen LogP contribution in [0.3, 0.4) is 0 Å². The van der Waals surface area contributed by atoms with E-state index in [0.717, 1.165) is 21.4 Å². The van der Waals surface area contributed by atoms with Crippen molar-refractivity contribution in [2.24, 2.45) is 0 Å². The first-order valence-corrected chi connectivity index (χ1v) is 11.3. The van der Waals surface area contributed by atoms with Crippen LogP contribution in [0.4, 0.5) is 5.13 Å². The van der Waals surface area contributed by atoms with Gasteiger partial charge in [-0.3, -0.25) is 4.79 Å². The fourth-order valence-electron chi connectivity index (χ4n) is 2.38. The fraction of sp³-hybridized carbons (Fsp3) is 0.0556. The molecule has 4 aromatic rings. The molecule has 1 N–H and O–H groups in total. The van der Waals surface area contributed by atoms with Crippen molar-refractivity contribution in [2.75, 3.05) is 11.1 Å². The molecule has 0 atom stereocenters. The van der Waals surface area contributed by atoms with Crippen LogP contribution in [0.2, 0.25) is 5.02 Å². The standard InChI is InChI=1S/C18H12BrClN6OS2/c19-12-3-1-11(2-4-12)15-9-28-17(21-15)22-16(27)10-29-18-23-24-25-26(18)14-7-5-13(20)6-8-14/h1-9H,10H2,(H,21,22,27). The van der Waals surface area contributed by atoms with Gasteiger partial charge >= 0.3 is 0 Å². The zero-order valence-corrected chi connectivity index (χ0v) is 18.6. The number of carbonyl (C=O) groups is 1. The van der Waals surface area contributed by atoms with E-state index in [1.165, 1.54) is 23.1 Å². The Morgan fingerprint density at radius 3 is 2.69 bits per heavy atom. The van der Waals surface area contributed by atoms with Crippen molar-refractivity contribution in [1.82, 2.24) is 25.2 Å². The SMILES string of the molecule is O=C(CSc1nnnn1-c1ccc(Cl)cc1)Nc1nc(-c2ccc(Br)cc2)cs1. The number of thiazole rings is 1. The molecule has 2 aromatic heterocycles. The highest BCUT2D eigenvalue weighted by molar-refractivity contribution is 9.10. The van der Waals surface area contributed by atoms with E-state index in [1.54, 1.807) is 16.8 Å². The number of tetrazole rings is 1. The van der Waals surface area contributed by atoms with Gasteiger partial charge in [0.05, 0.1) is 17.1 Å². The Bertz CT molecular complexity index is 1130. The lowest BCUT2D eigenvalue weighted by molar-refractivity contribution is -0.113. The number of aromatic nitrogens is 5. The second-order valence-electron chi connectivity index (χ2n) is 5.73. The summed E-state index contributed by atoms with van der Waals surface area (Å²) in [5.74, 6) is -0.0291. The van der Waals surface area contributed by atoms with Crippen LogP contribution in [-0.2, 0) is 4.79 Å². The molecule has 0 fully saturated rings. The lowest BCUT2D eigenvalue weighted by Crippen LogP contribution is -2.14. The largest absolute Gasteiger partial charge is 0.301 e. The molecule has 0 aliphatic rings. The second kappa shape index (κ2) is 9.04. The maximum atomic E-state index is 12.3. The van der Waals surface area contributed by atoms with Crippen molar-refractivity contribution >= 4 is 61.7 Å². The molecule has 0 saturated carbocycles. The highest BCUT2D eigenvalue weighted by Crippen LogP contribution is 2.26. The first-order valence-electron chi connectivity index (χ1n) is 8.27. The van der Waals surface area contributed by atoms with E-state index < -0.39 is 0 Å². The number of nitrogens with one attached hydrogen (secondary N) is 1. The van der Waals surface area contributed by atoms with Crippen LogP contribution >= 0.6 is 50.6 Å². The van der Waals surface area contributed by atoms with Gasteiger partial charge in [-0.25, -0.2) is 4.98 Å². The van der Waals surface area contributed by atoms with E-state index >= 15 is 0 Å². The number of rotatable bonds is 6. The third kappa shape index (κ3) is 5.02. The molecule has 0 aliphatic heterocycles. The average Bonchev–Trinajstić information content (AvgIpc) is 3.37. The first kappa shape index (κ1) is 20.0. The smallest absolute Gasteiger partial charge is 0.236 e. The molecule has 0 aliphatic carbocycles. The second-order valence-corrected chi connectivity index (χ2v) is 8.88. The minimum Gasteiger partial charge on any atom is -0.301 e. The number of hydrogen-bond donors (Lipinski definition) is 1. The number of benzene rings is 2. The first-order chi connectivity index (χ1) is 14.1. The highest BCUT2D eigenvalue weighted by Gasteiger charge is 2.13. The summed E-state index contributed by atoms with van der Waals surface area (Å²) in [7, 11) is 0. The van der Waals surface area contributed by atoms with Gasteiger partial charge in [0, 0.05) is 20.4 Å². The van der Waals surface area contributed by atoms with E-state index in [2.05, 4.69) is 41.8 Å². The molecule has 2 heterocycles. The van der Waals surface area contributed by atoms with Gasteiger partial charge in [-0.15, -0.1) is 16.4 Å². The molecule has 7 nitrogen and oxygen atoms in total. The van der Waals surface area contributed by atoms with Crippen LogP contribution in [0.1, 0.15) is 0 Å². The number of hydrogen-bond acceptors (Lipinski definition) is 7. The molecule has 146 valence electrons. The maximum absolute atomic E-state index is 12.3. The highest BCUT2D eigenvalue weighted by atomic mass is 79.9. The fourth-order valence-corrected chi connectivity index (χ4v) is 4.20. The monoisotopic (exact) mass is 506 g/mol. The Labute approximate surface area is 187 Å². The van der Waals surface area contributed by atoms with Gasteiger partial charge in [-0.2, -0.15) is 4.68 Å². The van der Waals surface area contributed by atoms with Gasteiger partial charge in [0.15, 0.2) is 5.13 Å². The lowest BCUT2D eigenvalue weighted by atomic mass is 10.2. The van der Waals surface area contributed by atoms with Gasteiger partial charge in [-0.1, -0.05) is 51.4 Å². The van der Waals surface area contributed by atoms with Crippen LogP contribution in [0.25, 0.3) is 16.9 Å². The van der Waals surface area contributed by atoms with Crippen LogP contribution < -0.4 is 5.32 Å². The third-order valence-electron chi connectivity index (χ3n) is 3.73. The zero-order chi connectivity index (χ0) is 20.2. The van der Waals surface area contributed by atoms with E-state index in [0.29, 0.717) is 15.3 Å². The molecule has 1 amide bonds. The van der Waals surface area contributed by atoms with Crippen LogP contribution in [0, 0.1) is 0 Å². The van der Waals surface area contributed by atoms with Crippen molar-refractivity contribution in [3.05, 3.63) is 63.4 Å². The number of anilines is 1. The summed E-state index contributed by atoms with van der Waals surface area (Å²) in [4.78, 5) is 16.8. The summed E-state index contributed by atoms with van der Waals surface area (Å²) in [5.41, 5.74) is 2.57. The third-order valence-corrected chi connectivity index (χ3v) is 6.19. The number of thioether (sulfide) groups is 1. The van der Waals surface area contributed by atoms with E-state index in [1.807, 2.05) is 41.8 Å². The lowest BCUT2D eigenvalue weighted by Gasteiger charge is -2.04. The molecule has 0 unspecified atom stereocenters. The number of halogens is 2. The Morgan fingerprint density at radius 1 is 1.17 bits per heavy atom. The molecular formula is C18H12BrClN6OS2. The quantitative estimate of drug-likeness (QED) is 0.372. The maximum Gasteiger partial charge on any atom is 0.236 e. The molecule has 0 saturated heterocycles. The Morgan fingerprint density at radius 2 is 1.93 bits per heavy atom. The van der Waals surface area contributed by atoms with Crippen molar-refractivity contribution in [2.45, 2.75) is 5.16 Å². The van der Waals surface area contributed by atoms with Gasteiger partial charge in [-0.05, 0) is 46.8 Å².